The predicted molar refractivity (Wildman–Crippen MR) is 53.6 cm³/mol. The van der Waals surface area contributed by atoms with Crippen LogP contribution in [-0.2, 0) is 6.54 Å². The quantitative estimate of drug-likeness (QED) is 0.839. The van der Waals surface area contributed by atoms with Gasteiger partial charge in [-0.15, -0.1) is 0 Å². The van der Waals surface area contributed by atoms with Crippen LogP contribution in [0.25, 0.3) is 0 Å². The van der Waals surface area contributed by atoms with Gasteiger partial charge in [0.15, 0.2) is 11.6 Å². The summed E-state index contributed by atoms with van der Waals surface area (Å²) in [5.74, 6) is -2.53. The summed E-state index contributed by atoms with van der Waals surface area (Å²) in [6.07, 6.45) is -4.48. The molecule has 7 heteroatoms. The molecular weight excluding hydrogens is 243 g/mol. The molecule has 0 fully saturated rings. The van der Waals surface area contributed by atoms with Gasteiger partial charge < -0.3 is 10.6 Å². The number of benzene rings is 1. The van der Waals surface area contributed by atoms with Gasteiger partial charge in [0.1, 0.15) is 6.54 Å². The summed E-state index contributed by atoms with van der Waals surface area (Å²) >= 11 is 0. The van der Waals surface area contributed by atoms with E-state index in [0.29, 0.717) is 4.90 Å². The van der Waals surface area contributed by atoms with Gasteiger partial charge >= 0.3 is 6.18 Å². The van der Waals surface area contributed by atoms with E-state index in [-0.39, 0.29) is 12.1 Å². The van der Waals surface area contributed by atoms with Crippen molar-refractivity contribution in [3.63, 3.8) is 0 Å². The zero-order valence-corrected chi connectivity index (χ0v) is 8.98. The van der Waals surface area contributed by atoms with Gasteiger partial charge in [0.2, 0.25) is 0 Å². The van der Waals surface area contributed by atoms with Crippen molar-refractivity contribution in [1.82, 2.24) is 0 Å². The summed E-state index contributed by atoms with van der Waals surface area (Å²) in [7, 11) is 1.04. The molecule has 0 aromatic heterocycles. The minimum Gasteiger partial charge on any atom is -0.363 e. The molecule has 96 valence electrons. The molecule has 1 rings (SSSR count). The highest BCUT2D eigenvalue weighted by atomic mass is 19.4. The highest BCUT2D eigenvalue weighted by Gasteiger charge is 2.30. The molecule has 0 heterocycles. The normalized spacial score (nSPS) is 11.7. The lowest BCUT2D eigenvalue weighted by atomic mass is 10.1. The maximum Gasteiger partial charge on any atom is 0.405 e. The Hall–Kier alpha value is -1.37. The minimum absolute atomic E-state index is 0.0772. The molecule has 0 spiro atoms. The average Bonchev–Trinajstić information content (AvgIpc) is 2.19. The Kier molecular flexibility index (Phi) is 3.92. The highest BCUT2D eigenvalue weighted by Crippen LogP contribution is 2.26. The third-order valence-corrected chi connectivity index (χ3v) is 2.19. The number of halogens is 5. The molecule has 1 aromatic rings. The fraction of sp³-hybridized carbons (Fsp3) is 0.400. The number of nitrogens with two attached hydrogens (primary N) is 1. The van der Waals surface area contributed by atoms with E-state index in [1.807, 2.05) is 0 Å². The minimum atomic E-state index is -4.48. The van der Waals surface area contributed by atoms with Gasteiger partial charge in [-0.05, 0) is 6.07 Å². The number of nitrogens with zero attached hydrogens (tertiary/aromatic N) is 1. The summed E-state index contributed by atoms with van der Waals surface area (Å²) < 4.78 is 63.0. The molecule has 0 saturated heterocycles. The van der Waals surface area contributed by atoms with Crippen LogP contribution in [0.5, 0.6) is 0 Å². The van der Waals surface area contributed by atoms with Crippen molar-refractivity contribution in [2.45, 2.75) is 12.7 Å². The van der Waals surface area contributed by atoms with Crippen LogP contribution in [-0.4, -0.2) is 19.8 Å². The first-order chi connectivity index (χ1) is 7.76. The molecule has 0 unspecified atom stereocenters. The molecular formula is C10H11F5N2. The second kappa shape index (κ2) is 4.87. The van der Waals surface area contributed by atoms with E-state index in [1.54, 1.807) is 0 Å². The van der Waals surface area contributed by atoms with E-state index in [2.05, 4.69) is 0 Å². The van der Waals surface area contributed by atoms with Crippen LogP contribution in [0.3, 0.4) is 0 Å². The van der Waals surface area contributed by atoms with E-state index in [0.717, 1.165) is 13.1 Å². The Morgan fingerprint density at radius 3 is 2.24 bits per heavy atom. The van der Waals surface area contributed by atoms with Crippen LogP contribution in [0, 0.1) is 11.6 Å². The van der Waals surface area contributed by atoms with E-state index >= 15 is 0 Å². The summed E-state index contributed by atoms with van der Waals surface area (Å²) in [4.78, 5) is 0.596. The van der Waals surface area contributed by atoms with Gasteiger partial charge in [-0.3, -0.25) is 0 Å². The first kappa shape index (κ1) is 13.7. The van der Waals surface area contributed by atoms with Crippen molar-refractivity contribution < 1.29 is 22.0 Å². The van der Waals surface area contributed by atoms with Crippen LogP contribution in [0.2, 0.25) is 0 Å². The molecule has 0 radical (unpaired) electrons. The van der Waals surface area contributed by atoms with E-state index in [1.165, 1.54) is 6.07 Å². The lowest BCUT2D eigenvalue weighted by Crippen LogP contribution is -2.31. The number of alkyl halides is 3. The van der Waals surface area contributed by atoms with Crippen molar-refractivity contribution in [3.05, 3.63) is 29.3 Å². The molecule has 17 heavy (non-hydrogen) atoms. The lowest BCUT2D eigenvalue weighted by Gasteiger charge is -2.22. The standard InChI is InChI=1S/C10H11F5N2/c1-17(5-10(13,14)15)7-3-2-6(4-16)8(11)9(7)12/h2-3H,4-5,16H2,1H3. The Morgan fingerprint density at radius 1 is 1.18 bits per heavy atom. The van der Waals surface area contributed by atoms with Gasteiger partial charge in [-0.1, -0.05) is 6.07 Å². The first-order valence-corrected chi connectivity index (χ1v) is 4.71. The zero-order valence-electron chi connectivity index (χ0n) is 8.98. The smallest absolute Gasteiger partial charge is 0.363 e. The second-order valence-electron chi connectivity index (χ2n) is 3.55. The molecule has 0 amide bonds. The fourth-order valence-corrected chi connectivity index (χ4v) is 1.39. The van der Waals surface area contributed by atoms with Crippen LogP contribution in [0.1, 0.15) is 5.56 Å². The first-order valence-electron chi connectivity index (χ1n) is 4.71. The van der Waals surface area contributed by atoms with Crippen LogP contribution in [0.4, 0.5) is 27.6 Å². The molecule has 2 nitrogen and oxygen atoms in total. The average molecular weight is 254 g/mol. The van der Waals surface area contributed by atoms with Gasteiger partial charge in [0.05, 0.1) is 5.69 Å². The van der Waals surface area contributed by atoms with Crippen molar-refractivity contribution in [2.24, 2.45) is 5.73 Å². The molecule has 1 aromatic carbocycles. The van der Waals surface area contributed by atoms with Gasteiger partial charge in [-0.2, -0.15) is 13.2 Å². The molecule has 0 saturated carbocycles. The Bertz CT molecular complexity index is 402. The van der Waals surface area contributed by atoms with Gasteiger partial charge in [0.25, 0.3) is 0 Å². The van der Waals surface area contributed by atoms with E-state index in [4.69, 9.17) is 5.73 Å². The van der Waals surface area contributed by atoms with Crippen molar-refractivity contribution in [3.8, 4) is 0 Å². The van der Waals surface area contributed by atoms with Crippen LogP contribution >= 0.6 is 0 Å². The van der Waals surface area contributed by atoms with Gasteiger partial charge in [-0.25, -0.2) is 8.78 Å². The zero-order chi connectivity index (χ0) is 13.2. The summed E-state index contributed by atoms with van der Waals surface area (Å²) in [6.45, 7) is -1.57. The molecule has 0 atom stereocenters. The molecule has 0 aliphatic carbocycles. The molecule has 0 bridgehead atoms. The van der Waals surface area contributed by atoms with E-state index < -0.39 is 30.0 Å². The fourth-order valence-electron chi connectivity index (χ4n) is 1.39. The second-order valence-corrected chi connectivity index (χ2v) is 3.55. The number of hydrogen-bond donors (Lipinski definition) is 1. The van der Waals surface area contributed by atoms with Gasteiger partial charge in [0, 0.05) is 19.2 Å². The number of hydrogen-bond acceptors (Lipinski definition) is 2. The molecule has 0 aliphatic heterocycles. The third kappa shape index (κ3) is 3.29. The molecule has 2 N–H and O–H groups in total. The Balaban J connectivity index is 3.03. The predicted octanol–water partition coefficient (Wildman–Crippen LogP) is 2.42. The summed E-state index contributed by atoms with van der Waals surface area (Å²) in [6, 6.07) is 2.24. The van der Waals surface area contributed by atoms with Crippen LogP contribution < -0.4 is 10.6 Å². The van der Waals surface area contributed by atoms with Crippen molar-refractivity contribution >= 4 is 5.69 Å². The lowest BCUT2D eigenvalue weighted by molar-refractivity contribution is -0.119. The van der Waals surface area contributed by atoms with Crippen molar-refractivity contribution in [1.29, 1.82) is 0 Å². The summed E-state index contributed by atoms with van der Waals surface area (Å²) in [5.41, 5.74) is 4.62. The SMILES string of the molecule is CN(CC(F)(F)F)c1ccc(CN)c(F)c1F. The monoisotopic (exact) mass is 254 g/mol. The summed E-state index contributed by atoms with van der Waals surface area (Å²) in [5, 5.41) is 0. The highest BCUT2D eigenvalue weighted by molar-refractivity contribution is 5.49. The number of anilines is 1. The maximum atomic E-state index is 13.4. The maximum absolute atomic E-state index is 13.4. The third-order valence-electron chi connectivity index (χ3n) is 2.19. The van der Waals surface area contributed by atoms with Crippen molar-refractivity contribution in [2.75, 3.05) is 18.5 Å². The molecule has 0 aliphatic rings. The topological polar surface area (TPSA) is 29.3 Å². The number of rotatable bonds is 3. The Labute approximate surface area is 94.8 Å². The van der Waals surface area contributed by atoms with E-state index in [9.17, 15) is 22.0 Å². The largest absolute Gasteiger partial charge is 0.405 e. The Morgan fingerprint density at radius 2 is 1.76 bits per heavy atom. The van der Waals surface area contributed by atoms with Crippen LogP contribution in [0.15, 0.2) is 12.1 Å².